The highest BCUT2D eigenvalue weighted by Crippen LogP contribution is 2.47. The number of carboxylic acids is 1. The van der Waals surface area contributed by atoms with Gasteiger partial charge in [0, 0.05) is 29.3 Å². The molecule has 0 aromatic heterocycles. The van der Waals surface area contributed by atoms with Gasteiger partial charge in [-0.15, -0.1) is 0 Å². The van der Waals surface area contributed by atoms with E-state index in [9.17, 15) is 15.0 Å². The summed E-state index contributed by atoms with van der Waals surface area (Å²) < 4.78 is 7.84. The van der Waals surface area contributed by atoms with Gasteiger partial charge in [-0.3, -0.25) is 4.79 Å². The molecule has 0 amide bonds. The summed E-state index contributed by atoms with van der Waals surface area (Å²) in [4.78, 5) is 12.1. The quantitative estimate of drug-likeness (QED) is 0.425. The molecule has 1 aliphatic rings. The topological polar surface area (TPSA) is 66.8 Å². The second-order valence-electron chi connectivity index (χ2n) is 9.14. The van der Waals surface area contributed by atoms with Crippen molar-refractivity contribution in [1.29, 1.82) is 0 Å². The van der Waals surface area contributed by atoms with Crippen molar-refractivity contribution in [2.75, 3.05) is 6.61 Å². The lowest BCUT2D eigenvalue weighted by Gasteiger charge is -2.45. The summed E-state index contributed by atoms with van der Waals surface area (Å²) in [5, 5.41) is 19.9. The molecule has 2 N–H and O–H groups in total. The molecule has 0 radical (unpaired) electrons. The SMILES string of the molecule is CC(C)[Si](OC1=C[C@H](c2ccc(Br)cc2)[C@H](C(=O)O)[C@H](CO)C1)(C(C)C)C(C)C. The molecule has 6 heteroatoms. The highest BCUT2D eigenvalue weighted by molar-refractivity contribution is 9.10. The number of benzene rings is 1. The van der Waals surface area contributed by atoms with Crippen LogP contribution in [0.4, 0.5) is 0 Å². The van der Waals surface area contributed by atoms with Crippen LogP contribution in [0, 0.1) is 11.8 Å². The Morgan fingerprint density at radius 3 is 2.03 bits per heavy atom. The largest absolute Gasteiger partial charge is 0.546 e. The second-order valence-corrected chi connectivity index (χ2v) is 15.4. The van der Waals surface area contributed by atoms with Crippen LogP contribution in [0.5, 0.6) is 0 Å². The number of hydrogen-bond donors (Lipinski definition) is 2. The van der Waals surface area contributed by atoms with Gasteiger partial charge in [0.2, 0.25) is 0 Å². The molecule has 162 valence electrons. The smallest absolute Gasteiger partial charge is 0.307 e. The number of hydrogen-bond acceptors (Lipinski definition) is 3. The zero-order valence-electron chi connectivity index (χ0n) is 18.4. The third kappa shape index (κ3) is 4.97. The molecule has 29 heavy (non-hydrogen) atoms. The first-order chi connectivity index (χ1) is 13.5. The summed E-state index contributed by atoms with van der Waals surface area (Å²) >= 11 is 3.45. The minimum absolute atomic E-state index is 0.162. The minimum Gasteiger partial charge on any atom is -0.546 e. The molecule has 0 heterocycles. The average Bonchev–Trinajstić information content (AvgIpc) is 2.64. The molecular formula is C23H35BrO4Si. The van der Waals surface area contributed by atoms with E-state index in [2.05, 4.69) is 57.5 Å². The van der Waals surface area contributed by atoms with Gasteiger partial charge < -0.3 is 14.6 Å². The van der Waals surface area contributed by atoms with Crippen LogP contribution in [0.1, 0.15) is 59.4 Å². The fraction of sp³-hybridized carbons (Fsp3) is 0.609. The first-order valence-electron chi connectivity index (χ1n) is 10.5. The zero-order valence-corrected chi connectivity index (χ0v) is 20.9. The average molecular weight is 484 g/mol. The molecule has 0 bridgehead atoms. The number of rotatable bonds is 8. The maximum atomic E-state index is 12.1. The number of aliphatic carboxylic acids is 1. The highest BCUT2D eigenvalue weighted by atomic mass is 79.9. The van der Waals surface area contributed by atoms with Gasteiger partial charge >= 0.3 is 5.97 Å². The second kappa shape index (κ2) is 9.80. The van der Waals surface area contributed by atoms with Crippen molar-refractivity contribution >= 4 is 30.2 Å². The Bertz CT molecular complexity index is 705. The van der Waals surface area contributed by atoms with Gasteiger partial charge in [-0.25, -0.2) is 0 Å². The summed E-state index contributed by atoms with van der Waals surface area (Å²) in [6, 6.07) is 7.77. The number of aliphatic hydroxyl groups is 1. The molecule has 0 saturated carbocycles. The first kappa shape index (κ1) is 24.2. The molecule has 0 spiro atoms. The predicted octanol–water partition coefficient (Wildman–Crippen LogP) is 6.32. The minimum atomic E-state index is -2.15. The van der Waals surface area contributed by atoms with Crippen molar-refractivity contribution in [1.82, 2.24) is 0 Å². The number of allylic oxidation sites excluding steroid dienone is 2. The van der Waals surface area contributed by atoms with E-state index in [0.717, 1.165) is 15.8 Å². The van der Waals surface area contributed by atoms with E-state index < -0.39 is 20.2 Å². The predicted molar refractivity (Wildman–Crippen MR) is 123 cm³/mol. The molecule has 1 aliphatic carbocycles. The Morgan fingerprint density at radius 2 is 1.62 bits per heavy atom. The van der Waals surface area contributed by atoms with Crippen LogP contribution in [-0.2, 0) is 9.22 Å². The van der Waals surface area contributed by atoms with Crippen LogP contribution in [0.25, 0.3) is 0 Å². The van der Waals surface area contributed by atoms with Crippen LogP contribution in [-0.4, -0.2) is 31.1 Å². The Hall–Kier alpha value is -1.11. The Kier molecular flexibility index (Phi) is 8.16. The van der Waals surface area contributed by atoms with Crippen molar-refractivity contribution < 1.29 is 19.4 Å². The third-order valence-corrected chi connectivity index (χ3v) is 13.1. The lowest BCUT2D eigenvalue weighted by Crippen LogP contribution is -2.48. The zero-order chi connectivity index (χ0) is 21.9. The highest BCUT2D eigenvalue weighted by Gasteiger charge is 2.49. The Labute approximate surface area is 184 Å². The molecule has 0 aliphatic heterocycles. The summed E-state index contributed by atoms with van der Waals surface area (Å²) in [6.45, 7) is 13.3. The Morgan fingerprint density at radius 1 is 1.10 bits per heavy atom. The fourth-order valence-corrected chi connectivity index (χ4v) is 10.8. The lowest BCUT2D eigenvalue weighted by molar-refractivity contribution is -0.145. The Balaban J connectivity index is 2.54. The number of carbonyl (C=O) groups is 1. The normalized spacial score (nSPS) is 22.9. The van der Waals surface area contributed by atoms with E-state index in [4.69, 9.17) is 4.43 Å². The molecule has 0 fully saturated rings. The summed E-state index contributed by atoms with van der Waals surface area (Å²) in [6.07, 6.45) is 2.49. The van der Waals surface area contributed by atoms with Gasteiger partial charge in [-0.1, -0.05) is 69.6 Å². The van der Waals surface area contributed by atoms with Gasteiger partial charge in [-0.2, -0.15) is 0 Å². The molecule has 4 nitrogen and oxygen atoms in total. The van der Waals surface area contributed by atoms with Gasteiger partial charge in [-0.05, 0) is 40.4 Å². The van der Waals surface area contributed by atoms with Gasteiger partial charge in [0.15, 0.2) is 0 Å². The molecule has 1 aromatic rings. The van der Waals surface area contributed by atoms with Crippen LogP contribution in [0.15, 0.2) is 40.6 Å². The maximum Gasteiger partial charge on any atom is 0.307 e. The molecule has 2 rings (SSSR count). The summed E-state index contributed by atoms with van der Waals surface area (Å²) in [7, 11) is -2.15. The maximum absolute atomic E-state index is 12.1. The molecule has 0 unspecified atom stereocenters. The third-order valence-electron chi connectivity index (χ3n) is 6.51. The van der Waals surface area contributed by atoms with E-state index in [1.807, 2.05) is 30.3 Å². The number of carboxylic acid groups (broad SMARTS) is 1. The van der Waals surface area contributed by atoms with Crippen molar-refractivity contribution in [2.24, 2.45) is 11.8 Å². The van der Waals surface area contributed by atoms with Crippen molar-refractivity contribution in [3.63, 3.8) is 0 Å². The fourth-order valence-electron chi connectivity index (χ4n) is 5.23. The molecule has 0 saturated heterocycles. The van der Waals surface area contributed by atoms with Crippen molar-refractivity contribution in [3.8, 4) is 0 Å². The van der Waals surface area contributed by atoms with Crippen LogP contribution < -0.4 is 0 Å². The van der Waals surface area contributed by atoms with Crippen molar-refractivity contribution in [2.45, 2.75) is 70.5 Å². The van der Waals surface area contributed by atoms with Gasteiger partial charge in [0.25, 0.3) is 8.32 Å². The number of halogens is 1. The van der Waals surface area contributed by atoms with Crippen LogP contribution >= 0.6 is 15.9 Å². The number of aliphatic hydroxyl groups excluding tert-OH is 1. The first-order valence-corrected chi connectivity index (χ1v) is 13.5. The van der Waals surface area contributed by atoms with Crippen LogP contribution in [0.3, 0.4) is 0 Å². The van der Waals surface area contributed by atoms with Crippen LogP contribution in [0.2, 0.25) is 16.6 Å². The van der Waals surface area contributed by atoms with E-state index in [1.165, 1.54) is 0 Å². The molecule has 3 atom stereocenters. The summed E-state index contributed by atoms with van der Waals surface area (Å²) in [5.74, 6) is -1.36. The standard InChI is InChI=1S/C23H35BrO4Si/c1-14(2)29(15(3)4,16(5)6)28-20-11-18(13-25)22(23(26)27)21(12-20)17-7-9-19(24)10-8-17/h7-10,12,14-16,18,21-22,25H,11,13H2,1-6H3,(H,26,27)/t18-,21+,22+/m0/s1. The van der Waals surface area contributed by atoms with E-state index in [-0.39, 0.29) is 18.4 Å². The monoisotopic (exact) mass is 482 g/mol. The summed E-state index contributed by atoms with van der Waals surface area (Å²) in [5.41, 5.74) is 2.23. The van der Waals surface area contributed by atoms with E-state index in [0.29, 0.717) is 23.0 Å². The van der Waals surface area contributed by atoms with Gasteiger partial charge in [0.05, 0.1) is 11.7 Å². The van der Waals surface area contributed by atoms with E-state index >= 15 is 0 Å². The van der Waals surface area contributed by atoms with E-state index in [1.54, 1.807) is 0 Å². The van der Waals surface area contributed by atoms with Crippen molar-refractivity contribution in [3.05, 3.63) is 46.1 Å². The molecule has 1 aromatic carbocycles. The van der Waals surface area contributed by atoms with Gasteiger partial charge in [0.1, 0.15) is 0 Å². The lowest BCUT2D eigenvalue weighted by atomic mass is 9.72. The molecular weight excluding hydrogens is 448 g/mol.